The number of aromatic nitrogens is 4. The summed E-state index contributed by atoms with van der Waals surface area (Å²) >= 11 is 1.54. The van der Waals surface area contributed by atoms with Gasteiger partial charge in [-0.25, -0.2) is 9.97 Å². The minimum Gasteiger partial charge on any atom is -0.393 e. The van der Waals surface area contributed by atoms with Gasteiger partial charge in [0, 0.05) is 35.3 Å². The van der Waals surface area contributed by atoms with E-state index in [2.05, 4.69) is 32.5 Å². The van der Waals surface area contributed by atoms with Crippen LogP contribution in [-0.2, 0) is 0 Å². The molecule has 146 valence electrons. The Hall–Kier alpha value is -2.58. The van der Waals surface area contributed by atoms with Crippen LogP contribution in [0, 0.1) is 13.8 Å². The zero-order chi connectivity index (χ0) is 19.5. The fourth-order valence-corrected chi connectivity index (χ4v) is 4.01. The van der Waals surface area contributed by atoms with Crippen LogP contribution in [0.5, 0.6) is 0 Å². The average molecular weight is 397 g/mol. The van der Waals surface area contributed by atoms with E-state index in [4.69, 9.17) is 9.97 Å². The Morgan fingerprint density at radius 1 is 1.14 bits per heavy atom. The highest BCUT2D eigenvalue weighted by Crippen LogP contribution is 2.33. The second kappa shape index (κ2) is 8.20. The van der Waals surface area contributed by atoms with Crippen LogP contribution in [0.1, 0.15) is 24.1 Å². The van der Waals surface area contributed by atoms with Crippen LogP contribution in [0.2, 0.25) is 0 Å². The summed E-state index contributed by atoms with van der Waals surface area (Å²) in [6.07, 6.45) is 1.29. The van der Waals surface area contributed by atoms with Crippen molar-refractivity contribution in [2.45, 2.75) is 42.8 Å². The molecule has 4 rings (SSSR count). The zero-order valence-corrected chi connectivity index (χ0v) is 16.8. The molecule has 0 spiro atoms. The number of piperidine rings is 1. The molecule has 0 unspecified atom stereocenters. The van der Waals surface area contributed by atoms with E-state index < -0.39 is 0 Å². The number of benzene rings is 1. The van der Waals surface area contributed by atoms with E-state index >= 15 is 0 Å². The summed E-state index contributed by atoms with van der Waals surface area (Å²) < 4.78 is 0. The Morgan fingerprint density at radius 3 is 2.57 bits per heavy atom. The maximum Gasteiger partial charge on any atom is 0.196 e. The van der Waals surface area contributed by atoms with Gasteiger partial charge in [-0.3, -0.25) is 5.10 Å². The van der Waals surface area contributed by atoms with Gasteiger partial charge in [-0.05, 0) is 50.6 Å². The molecule has 8 heteroatoms. The molecule has 2 aromatic heterocycles. The fraction of sp³-hybridized carbons (Fsp3) is 0.350. The largest absolute Gasteiger partial charge is 0.393 e. The molecule has 1 fully saturated rings. The topological polar surface area (TPSA) is 90.0 Å². The van der Waals surface area contributed by atoms with Crippen molar-refractivity contribution in [2.24, 2.45) is 0 Å². The number of hydrogen-bond donors (Lipinski definition) is 3. The third-order valence-electron chi connectivity index (χ3n) is 4.77. The van der Waals surface area contributed by atoms with Crippen LogP contribution in [0.25, 0.3) is 0 Å². The van der Waals surface area contributed by atoms with Gasteiger partial charge in [-0.2, -0.15) is 5.10 Å². The fourth-order valence-electron chi connectivity index (χ4n) is 3.24. The Labute approximate surface area is 168 Å². The maximum absolute atomic E-state index is 9.86. The highest BCUT2D eigenvalue weighted by Gasteiger charge is 2.22. The van der Waals surface area contributed by atoms with Crippen LogP contribution < -0.4 is 10.2 Å². The van der Waals surface area contributed by atoms with Crippen LogP contribution in [-0.4, -0.2) is 44.5 Å². The second-order valence-corrected chi connectivity index (χ2v) is 8.04. The molecular formula is C20H24N6OS. The Kier molecular flexibility index (Phi) is 5.50. The lowest BCUT2D eigenvalue weighted by Gasteiger charge is -2.32. The lowest BCUT2D eigenvalue weighted by atomic mass is 10.1. The van der Waals surface area contributed by atoms with Crippen molar-refractivity contribution in [1.29, 1.82) is 0 Å². The number of aliphatic hydroxyl groups excluding tert-OH is 1. The number of aromatic amines is 1. The van der Waals surface area contributed by atoms with Crippen LogP contribution in [0.3, 0.4) is 0 Å². The maximum atomic E-state index is 9.86. The molecule has 0 amide bonds. The van der Waals surface area contributed by atoms with Crippen molar-refractivity contribution in [2.75, 3.05) is 23.3 Å². The van der Waals surface area contributed by atoms with Gasteiger partial charge in [0.2, 0.25) is 0 Å². The number of aryl methyl sites for hydroxylation is 1. The normalized spacial score (nSPS) is 15.0. The first-order valence-electron chi connectivity index (χ1n) is 9.42. The molecule has 1 saturated heterocycles. The average Bonchev–Trinajstić information content (AvgIpc) is 3.10. The Bertz CT molecular complexity index is 937. The van der Waals surface area contributed by atoms with Crippen molar-refractivity contribution in [3.63, 3.8) is 0 Å². The Morgan fingerprint density at radius 2 is 1.89 bits per heavy atom. The minimum absolute atomic E-state index is 0.221. The van der Waals surface area contributed by atoms with Crippen LogP contribution >= 0.6 is 11.8 Å². The van der Waals surface area contributed by atoms with Gasteiger partial charge in [-0.1, -0.05) is 18.2 Å². The quantitative estimate of drug-likeness (QED) is 0.567. The number of hydrogen-bond acceptors (Lipinski definition) is 7. The van der Waals surface area contributed by atoms with Gasteiger partial charge in [0.25, 0.3) is 0 Å². The third-order valence-corrected chi connectivity index (χ3v) is 5.64. The summed E-state index contributed by atoms with van der Waals surface area (Å²) in [6.45, 7) is 5.57. The van der Waals surface area contributed by atoms with Gasteiger partial charge in [-0.15, -0.1) is 0 Å². The molecule has 0 bridgehead atoms. The van der Waals surface area contributed by atoms with Crippen molar-refractivity contribution in [3.8, 4) is 0 Å². The first-order valence-corrected chi connectivity index (χ1v) is 10.2. The van der Waals surface area contributed by atoms with E-state index in [1.165, 1.54) is 11.8 Å². The van der Waals surface area contributed by atoms with Crippen molar-refractivity contribution in [1.82, 2.24) is 20.2 Å². The first-order chi connectivity index (χ1) is 13.6. The SMILES string of the molecule is Cc1cc(Nc2nc(Sc3ccccc3)nc(N3CCC(O)CC3)c2C)n[nH]1. The molecule has 1 aromatic carbocycles. The van der Waals surface area contributed by atoms with Gasteiger partial charge in [0.15, 0.2) is 11.0 Å². The van der Waals surface area contributed by atoms with Crippen molar-refractivity contribution >= 4 is 29.2 Å². The summed E-state index contributed by atoms with van der Waals surface area (Å²) in [6, 6.07) is 12.1. The van der Waals surface area contributed by atoms with E-state index in [9.17, 15) is 5.11 Å². The molecule has 3 heterocycles. The molecule has 1 aliphatic rings. The van der Waals surface area contributed by atoms with Crippen molar-refractivity contribution in [3.05, 3.63) is 47.7 Å². The zero-order valence-electron chi connectivity index (χ0n) is 16.0. The predicted molar refractivity (Wildman–Crippen MR) is 111 cm³/mol. The molecule has 1 aliphatic heterocycles. The minimum atomic E-state index is -0.221. The van der Waals surface area contributed by atoms with E-state index in [1.807, 2.05) is 38.1 Å². The number of nitrogens with zero attached hydrogens (tertiary/aromatic N) is 4. The lowest BCUT2D eigenvalue weighted by Crippen LogP contribution is -2.37. The number of rotatable bonds is 5. The molecule has 28 heavy (non-hydrogen) atoms. The number of aliphatic hydroxyl groups is 1. The van der Waals surface area contributed by atoms with E-state index in [0.29, 0.717) is 5.16 Å². The van der Waals surface area contributed by atoms with Gasteiger partial charge in [0.1, 0.15) is 11.6 Å². The smallest absolute Gasteiger partial charge is 0.196 e. The molecule has 0 aliphatic carbocycles. The first kappa shape index (κ1) is 18.8. The van der Waals surface area contributed by atoms with Crippen LogP contribution in [0.4, 0.5) is 17.5 Å². The number of H-pyrrole nitrogens is 1. The molecule has 3 N–H and O–H groups in total. The lowest BCUT2D eigenvalue weighted by molar-refractivity contribution is 0.145. The summed E-state index contributed by atoms with van der Waals surface area (Å²) in [7, 11) is 0. The third kappa shape index (κ3) is 4.28. The second-order valence-electron chi connectivity index (χ2n) is 7.00. The molecular weight excluding hydrogens is 372 g/mol. The van der Waals surface area contributed by atoms with Crippen LogP contribution in [0.15, 0.2) is 46.5 Å². The van der Waals surface area contributed by atoms with Gasteiger partial charge < -0.3 is 15.3 Å². The summed E-state index contributed by atoms with van der Waals surface area (Å²) in [4.78, 5) is 12.9. The number of anilines is 3. The monoisotopic (exact) mass is 396 g/mol. The van der Waals surface area contributed by atoms with E-state index in [-0.39, 0.29) is 6.10 Å². The summed E-state index contributed by atoms with van der Waals surface area (Å²) in [5.74, 6) is 2.39. The summed E-state index contributed by atoms with van der Waals surface area (Å²) in [5.41, 5.74) is 1.97. The molecule has 7 nitrogen and oxygen atoms in total. The number of nitrogens with one attached hydrogen (secondary N) is 2. The summed E-state index contributed by atoms with van der Waals surface area (Å²) in [5, 5.41) is 21.1. The predicted octanol–water partition coefficient (Wildman–Crippen LogP) is 3.67. The highest BCUT2D eigenvalue weighted by molar-refractivity contribution is 7.99. The van der Waals surface area contributed by atoms with Crippen molar-refractivity contribution < 1.29 is 5.11 Å². The standard InChI is InChI=1S/C20H24N6OS/c1-13-12-17(25-24-13)21-18-14(2)19(26-10-8-15(27)9-11-26)23-20(22-18)28-16-6-4-3-5-7-16/h3-7,12,15,27H,8-11H2,1-2H3,(H2,21,22,23,24,25). The Balaban J connectivity index is 1.69. The molecule has 3 aromatic rings. The van der Waals surface area contributed by atoms with Gasteiger partial charge >= 0.3 is 0 Å². The van der Waals surface area contributed by atoms with E-state index in [1.54, 1.807) is 0 Å². The van der Waals surface area contributed by atoms with Gasteiger partial charge in [0.05, 0.1) is 6.10 Å². The highest BCUT2D eigenvalue weighted by atomic mass is 32.2. The van der Waals surface area contributed by atoms with E-state index in [0.717, 1.165) is 59.5 Å². The molecule has 0 radical (unpaired) electrons. The molecule has 0 saturated carbocycles. The molecule has 0 atom stereocenters.